The first kappa shape index (κ1) is 10.6. The lowest BCUT2D eigenvalue weighted by molar-refractivity contribution is 0.112. The summed E-state index contributed by atoms with van der Waals surface area (Å²) in [4.78, 5) is 12.8. The molecule has 0 spiro atoms. The number of hydrogen-bond acceptors (Lipinski definition) is 3. The van der Waals surface area contributed by atoms with Crippen molar-refractivity contribution in [3.05, 3.63) is 28.2 Å². The summed E-state index contributed by atoms with van der Waals surface area (Å²) >= 11 is 3.48. The fourth-order valence-corrected chi connectivity index (χ4v) is 2.30. The summed E-state index contributed by atoms with van der Waals surface area (Å²) in [6.45, 7) is 3.34. The van der Waals surface area contributed by atoms with Crippen LogP contribution in [0.3, 0.4) is 0 Å². The van der Waals surface area contributed by atoms with Crippen molar-refractivity contribution in [1.82, 2.24) is 0 Å². The molecule has 4 heteroatoms. The van der Waals surface area contributed by atoms with Gasteiger partial charge in [0.25, 0.3) is 0 Å². The molecular formula is C11H12BrNO2. The van der Waals surface area contributed by atoms with Gasteiger partial charge in [-0.25, -0.2) is 0 Å². The minimum absolute atomic E-state index is 0.693. The van der Waals surface area contributed by atoms with Crippen molar-refractivity contribution in [2.75, 3.05) is 31.2 Å². The number of hydrogen-bond donors (Lipinski definition) is 0. The SMILES string of the molecule is O=Cc1ccc(N2CCOCC2)c(Br)c1. The Bertz CT molecular complexity index is 362. The van der Waals surface area contributed by atoms with Gasteiger partial charge < -0.3 is 9.64 Å². The lowest BCUT2D eigenvalue weighted by atomic mass is 10.2. The van der Waals surface area contributed by atoms with E-state index < -0.39 is 0 Å². The number of halogens is 1. The van der Waals surface area contributed by atoms with Crippen molar-refractivity contribution < 1.29 is 9.53 Å². The third-order valence-corrected chi connectivity index (χ3v) is 3.09. The molecule has 0 N–H and O–H groups in total. The number of aldehydes is 1. The standard InChI is InChI=1S/C11H12BrNO2/c12-10-7-9(8-14)1-2-11(10)13-3-5-15-6-4-13/h1-2,7-8H,3-6H2. The molecule has 1 aromatic rings. The highest BCUT2D eigenvalue weighted by atomic mass is 79.9. The Kier molecular flexibility index (Phi) is 3.38. The number of rotatable bonds is 2. The van der Waals surface area contributed by atoms with Crippen molar-refractivity contribution in [2.45, 2.75) is 0 Å². The number of ether oxygens (including phenoxy) is 1. The highest BCUT2D eigenvalue weighted by Gasteiger charge is 2.13. The van der Waals surface area contributed by atoms with Crippen LogP contribution < -0.4 is 4.90 Å². The van der Waals surface area contributed by atoms with E-state index >= 15 is 0 Å². The minimum atomic E-state index is 0.693. The number of anilines is 1. The zero-order chi connectivity index (χ0) is 10.7. The molecule has 1 aromatic carbocycles. The van der Waals surface area contributed by atoms with Gasteiger partial charge in [-0.1, -0.05) is 0 Å². The molecular weight excluding hydrogens is 258 g/mol. The van der Waals surface area contributed by atoms with Crippen LogP contribution in [0, 0.1) is 0 Å². The maximum atomic E-state index is 10.6. The summed E-state index contributed by atoms with van der Waals surface area (Å²) in [5.41, 5.74) is 1.82. The second kappa shape index (κ2) is 4.77. The summed E-state index contributed by atoms with van der Waals surface area (Å²) in [6.07, 6.45) is 0.855. The quantitative estimate of drug-likeness (QED) is 0.771. The molecule has 0 amide bonds. The van der Waals surface area contributed by atoms with Gasteiger partial charge in [-0.05, 0) is 34.1 Å². The second-order valence-corrected chi connectivity index (χ2v) is 4.28. The van der Waals surface area contributed by atoms with Crippen LogP contribution in [0.2, 0.25) is 0 Å². The zero-order valence-electron chi connectivity index (χ0n) is 8.28. The van der Waals surface area contributed by atoms with Crippen LogP contribution in [0.25, 0.3) is 0 Å². The van der Waals surface area contributed by atoms with Crippen LogP contribution in [-0.4, -0.2) is 32.6 Å². The van der Waals surface area contributed by atoms with Crippen molar-refractivity contribution in [3.63, 3.8) is 0 Å². The van der Waals surface area contributed by atoms with Crippen molar-refractivity contribution in [3.8, 4) is 0 Å². The average Bonchev–Trinajstić information content (AvgIpc) is 2.30. The second-order valence-electron chi connectivity index (χ2n) is 3.43. The summed E-state index contributed by atoms with van der Waals surface area (Å²) in [5, 5.41) is 0. The molecule has 1 fully saturated rings. The van der Waals surface area contributed by atoms with E-state index in [4.69, 9.17) is 4.74 Å². The number of nitrogens with zero attached hydrogens (tertiary/aromatic N) is 1. The molecule has 0 unspecified atom stereocenters. The predicted octanol–water partition coefficient (Wildman–Crippen LogP) is 2.10. The summed E-state index contributed by atoms with van der Waals surface area (Å²) in [6, 6.07) is 5.65. The zero-order valence-corrected chi connectivity index (χ0v) is 9.87. The van der Waals surface area contributed by atoms with E-state index in [0.29, 0.717) is 5.56 Å². The molecule has 80 valence electrons. The maximum Gasteiger partial charge on any atom is 0.150 e. The summed E-state index contributed by atoms with van der Waals surface area (Å²) < 4.78 is 6.26. The Labute approximate surface area is 97.2 Å². The highest BCUT2D eigenvalue weighted by molar-refractivity contribution is 9.10. The topological polar surface area (TPSA) is 29.5 Å². The van der Waals surface area contributed by atoms with Crippen LogP contribution in [0.15, 0.2) is 22.7 Å². The van der Waals surface area contributed by atoms with Gasteiger partial charge in [-0.3, -0.25) is 4.79 Å². The molecule has 1 heterocycles. The van der Waals surface area contributed by atoms with Gasteiger partial charge >= 0.3 is 0 Å². The van der Waals surface area contributed by atoms with Crippen LogP contribution in [0.5, 0.6) is 0 Å². The van der Waals surface area contributed by atoms with E-state index in [-0.39, 0.29) is 0 Å². The van der Waals surface area contributed by atoms with Crippen LogP contribution >= 0.6 is 15.9 Å². The van der Waals surface area contributed by atoms with Gasteiger partial charge in [0.2, 0.25) is 0 Å². The van der Waals surface area contributed by atoms with E-state index in [1.807, 2.05) is 18.2 Å². The number of morpholine rings is 1. The molecule has 0 radical (unpaired) electrons. The third kappa shape index (κ3) is 2.38. The molecule has 1 saturated heterocycles. The number of carbonyl (C=O) groups is 1. The summed E-state index contributed by atoms with van der Waals surface area (Å²) in [5.74, 6) is 0. The first-order valence-corrected chi connectivity index (χ1v) is 5.68. The van der Waals surface area contributed by atoms with Crippen molar-refractivity contribution >= 4 is 27.9 Å². The van der Waals surface area contributed by atoms with E-state index in [1.165, 1.54) is 0 Å². The Hall–Kier alpha value is -0.870. The Balaban J connectivity index is 2.23. The first-order valence-electron chi connectivity index (χ1n) is 4.88. The number of benzene rings is 1. The molecule has 0 atom stereocenters. The molecule has 0 bridgehead atoms. The molecule has 1 aliphatic heterocycles. The molecule has 0 aliphatic carbocycles. The van der Waals surface area contributed by atoms with Gasteiger partial charge in [0, 0.05) is 23.1 Å². The van der Waals surface area contributed by atoms with E-state index in [9.17, 15) is 4.79 Å². The van der Waals surface area contributed by atoms with E-state index in [0.717, 1.165) is 42.7 Å². The van der Waals surface area contributed by atoms with Gasteiger partial charge in [-0.15, -0.1) is 0 Å². The lowest BCUT2D eigenvalue weighted by Crippen LogP contribution is -2.36. The normalized spacial score (nSPS) is 16.5. The largest absolute Gasteiger partial charge is 0.378 e. The fraction of sp³-hybridized carbons (Fsp3) is 0.364. The average molecular weight is 270 g/mol. The van der Waals surface area contributed by atoms with Crippen LogP contribution in [0.4, 0.5) is 5.69 Å². The third-order valence-electron chi connectivity index (χ3n) is 2.46. The van der Waals surface area contributed by atoms with Crippen LogP contribution in [-0.2, 0) is 4.74 Å². The molecule has 0 aromatic heterocycles. The summed E-state index contributed by atoms with van der Waals surface area (Å²) in [7, 11) is 0. The molecule has 15 heavy (non-hydrogen) atoms. The predicted molar refractivity (Wildman–Crippen MR) is 62.6 cm³/mol. The van der Waals surface area contributed by atoms with Gasteiger partial charge in [0.1, 0.15) is 6.29 Å². The lowest BCUT2D eigenvalue weighted by Gasteiger charge is -2.29. The molecule has 0 saturated carbocycles. The molecule has 3 nitrogen and oxygen atoms in total. The minimum Gasteiger partial charge on any atom is -0.378 e. The van der Waals surface area contributed by atoms with E-state index in [2.05, 4.69) is 20.8 Å². The van der Waals surface area contributed by atoms with Gasteiger partial charge in [0.15, 0.2) is 0 Å². The molecule has 1 aliphatic rings. The van der Waals surface area contributed by atoms with Crippen molar-refractivity contribution in [1.29, 1.82) is 0 Å². The Morgan fingerprint density at radius 1 is 1.33 bits per heavy atom. The first-order chi connectivity index (χ1) is 7.31. The van der Waals surface area contributed by atoms with E-state index in [1.54, 1.807) is 0 Å². The van der Waals surface area contributed by atoms with Crippen molar-refractivity contribution in [2.24, 2.45) is 0 Å². The highest BCUT2D eigenvalue weighted by Crippen LogP contribution is 2.27. The van der Waals surface area contributed by atoms with Gasteiger partial charge in [-0.2, -0.15) is 0 Å². The maximum absolute atomic E-state index is 10.6. The molecule has 2 rings (SSSR count). The van der Waals surface area contributed by atoms with Gasteiger partial charge in [0.05, 0.1) is 18.9 Å². The smallest absolute Gasteiger partial charge is 0.150 e. The van der Waals surface area contributed by atoms with Crippen LogP contribution in [0.1, 0.15) is 10.4 Å². The Morgan fingerprint density at radius 3 is 2.67 bits per heavy atom. The Morgan fingerprint density at radius 2 is 2.07 bits per heavy atom. The monoisotopic (exact) mass is 269 g/mol. The fourth-order valence-electron chi connectivity index (χ4n) is 1.66. The number of carbonyl (C=O) groups excluding carboxylic acids is 1.